The van der Waals surface area contributed by atoms with Gasteiger partial charge < -0.3 is 4.57 Å². The second-order valence-electron chi connectivity index (χ2n) is 4.63. The second kappa shape index (κ2) is 6.11. The van der Waals surface area contributed by atoms with Crippen molar-refractivity contribution in [3.63, 3.8) is 0 Å². The molecule has 0 amide bonds. The van der Waals surface area contributed by atoms with Gasteiger partial charge in [0.1, 0.15) is 0 Å². The van der Waals surface area contributed by atoms with E-state index in [1.165, 1.54) is 43.0 Å². The fourth-order valence-electron chi connectivity index (χ4n) is 2.24. The van der Waals surface area contributed by atoms with Crippen LogP contribution >= 0.6 is 11.6 Å². The molecule has 0 radical (unpaired) electrons. The number of hydrogen-bond acceptors (Lipinski definition) is 0. The Morgan fingerprint density at radius 2 is 1.88 bits per heavy atom. The molecule has 2 heteroatoms. The van der Waals surface area contributed by atoms with Crippen molar-refractivity contribution in [2.75, 3.05) is 0 Å². The lowest BCUT2D eigenvalue weighted by Crippen LogP contribution is -1.95. The molecule has 17 heavy (non-hydrogen) atoms. The van der Waals surface area contributed by atoms with E-state index >= 15 is 0 Å². The highest BCUT2D eigenvalue weighted by Gasteiger charge is 2.01. The summed E-state index contributed by atoms with van der Waals surface area (Å²) in [6, 6.07) is 8.27. The lowest BCUT2D eigenvalue weighted by Gasteiger charge is -2.05. The molecule has 1 nitrogen and oxygen atoms in total. The van der Waals surface area contributed by atoms with Crippen molar-refractivity contribution in [2.24, 2.45) is 0 Å². The number of rotatable bonds is 6. The number of aryl methyl sites for hydroxylation is 1. The molecule has 1 heterocycles. The predicted octanol–water partition coefficient (Wildman–Crippen LogP) is 5.27. The third kappa shape index (κ3) is 3.26. The van der Waals surface area contributed by atoms with Gasteiger partial charge in [-0.3, -0.25) is 0 Å². The van der Waals surface area contributed by atoms with E-state index < -0.39 is 0 Å². The first-order valence-electron chi connectivity index (χ1n) is 6.55. The molecule has 0 aliphatic carbocycles. The van der Waals surface area contributed by atoms with Gasteiger partial charge >= 0.3 is 0 Å². The summed E-state index contributed by atoms with van der Waals surface area (Å²) in [7, 11) is 0. The van der Waals surface area contributed by atoms with Crippen LogP contribution in [0.3, 0.4) is 0 Å². The molecule has 0 saturated heterocycles. The Kier molecular flexibility index (Phi) is 4.49. The molecule has 0 saturated carbocycles. The fourth-order valence-corrected chi connectivity index (χ4v) is 2.40. The fraction of sp³-hybridized carbons (Fsp3) is 0.467. The number of aromatic nitrogens is 1. The van der Waals surface area contributed by atoms with Gasteiger partial charge in [0.25, 0.3) is 0 Å². The molecule has 1 aromatic heterocycles. The SMILES string of the molecule is CCCCCCCn1ccc2ccc(Cl)cc21. The van der Waals surface area contributed by atoms with Gasteiger partial charge in [0.2, 0.25) is 0 Å². The van der Waals surface area contributed by atoms with Crippen LogP contribution in [0.2, 0.25) is 5.02 Å². The van der Waals surface area contributed by atoms with Gasteiger partial charge in [0.15, 0.2) is 0 Å². The molecule has 0 atom stereocenters. The molecule has 1 aromatic carbocycles. The lowest BCUT2D eigenvalue weighted by molar-refractivity contribution is 0.577. The molecule has 0 fully saturated rings. The largest absolute Gasteiger partial charge is 0.347 e. The zero-order valence-corrected chi connectivity index (χ0v) is 11.2. The number of benzene rings is 1. The highest BCUT2D eigenvalue weighted by Crippen LogP contribution is 2.21. The van der Waals surface area contributed by atoms with E-state index in [4.69, 9.17) is 11.6 Å². The van der Waals surface area contributed by atoms with Gasteiger partial charge in [-0.15, -0.1) is 0 Å². The van der Waals surface area contributed by atoms with Gasteiger partial charge in [-0.25, -0.2) is 0 Å². The Labute approximate surface area is 108 Å². The summed E-state index contributed by atoms with van der Waals surface area (Å²) >= 11 is 6.04. The molecule has 0 spiro atoms. The van der Waals surface area contributed by atoms with Crippen LogP contribution in [0.15, 0.2) is 30.5 Å². The van der Waals surface area contributed by atoms with Crippen molar-refractivity contribution in [1.82, 2.24) is 4.57 Å². The van der Waals surface area contributed by atoms with Crippen LogP contribution in [0.4, 0.5) is 0 Å². The molecule has 0 bridgehead atoms. The van der Waals surface area contributed by atoms with Gasteiger partial charge in [0.05, 0.1) is 0 Å². The maximum Gasteiger partial charge on any atom is 0.0495 e. The van der Waals surface area contributed by atoms with E-state index in [-0.39, 0.29) is 0 Å². The molecule has 2 aromatic rings. The van der Waals surface area contributed by atoms with Gasteiger partial charge in [-0.05, 0) is 30.0 Å². The molecule has 0 unspecified atom stereocenters. The molecular weight excluding hydrogens is 230 g/mol. The Hall–Kier alpha value is -0.950. The first-order valence-corrected chi connectivity index (χ1v) is 6.93. The van der Waals surface area contributed by atoms with Gasteiger partial charge in [0, 0.05) is 23.3 Å². The summed E-state index contributed by atoms with van der Waals surface area (Å²) in [4.78, 5) is 0. The summed E-state index contributed by atoms with van der Waals surface area (Å²) < 4.78 is 2.31. The summed E-state index contributed by atoms with van der Waals surface area (Å²) in [5.74, 6) is 0. The van der Waals surface area contributed by atoms with Crippen molar-refractivity contribution in [3.8, 4) is 0 Å². The van der Waals surface area contributed by atoms with E-state index in [2.05, 4.69) is 35.9 Å². The minimum absolute atomic E-state index is 0.823. The van der Waals surface area contributed by atoms with E-state index in [1.807, 2.05) is 6.07 Å². The molecule has 0 aliphatic rings. The maximum absolute atomic E-state index is 6.04. The third-order valence-corrected chi connectivity index (χ3v) is 3.47. The van der Waals surface area contributed by atoms with E-state index in [0.29, 0.717) is 0 Å². The quantitative estimate of drug-likeness (QED) is 0.615. The smallest absolute Gasteiger partial charge is 0.0495 e. The first-order chi connectivity index (χ1) is 8.31. The van der Waals surface area contributed by atoms with Gasteiger partial charge in [-0.2, -0.15) is 0 Å². The van der Waals surface area contributed by atoms with Crippen molar-refractivity contribution in [3.05, 3.63) is 35.5 Å². The Morgan fingerprint density at radius 1 is 1.06 bits per heavy atom. The Balaban J connectivity index is 1.96. The molecule has 0 aliphatic heterocycles. The van der Waals surface area contributed by atoms with E-state index in [1.54, 1.807) is 0 Å². The highest BCUT2D eigenvalue weighted by atomic mass is 35.5. The summed E-state index contributed by atoms with van der Waals surface area (Å²) in [6.45, 7) is 3.36. The first kappa shape index (κ1) is 12.5. The average molecular weight is 250 g/mol. The zero-order chi connectivity index (χ0) is 12.1. The van der Waals surface area contributed by atoms with E-state index in [0.717, 1.165) is 11.6 Å². The lowest BCUT2D eigenvalue weighted by atomic mass is 10.1. The monoisotopic (exact) mass is 249 g/mol. The third-order valence-electron chi connectivity index (χ3n) is 3.24. The topological polar surface area (TPSA) is 4.93 Å². The molecule has 2 rings (SSSR count). The predicted molar refractivity (Wildman–Crippen MR) is 75.7 cm³/mol. The van der Waals surface area contributed by atoms with Crippen molar-refractivity contribution in [2.45, 2.75) is 45.6 Å². The number of halogens is 1. The van der Waals surface area contributed by atoms with Crippen LogP contribution in [-0.2, 0) is 6.54 Å². The molecule has 92 valence electrons. The maximum atomic E-state index is 6.04. The standard InChI is InChI=1S/C15H20ClN/c1-2-3-4-5-6-10-17-11-9-13-7-8-14(16)12-15(13)17/h7-9,11-12H,2-6,10H2,1H3. The summed E-state index contributed by atoms with van der Waals surface area (Å²) in [6.07, 6.45) is 8.78. The van der Waals surface area contributed by atoms with Crippen molar-refractivity contribution >= 4 is 22.5 Å². The Bertz CT molecular complexity index is 473. The van der Waals surface area contributed by atoms with Crippen LogP contribution < -0.4 is 0 Å². The molecular formula is C15H20ClN. The van der Waals surface area contributed by atoms with Gasteiger partial charge in [-0.1, -0.05) is 50.3 Å². The average Bonchev–Trinajstić information content (AvgIpc) is 2.72. The van der Waals surface area contributed by atoms with E-state index in [9.17, 15) is 0 Å². The minimum Gasteiger partial charge on any atom is -0.347 e. The minimum atomic E-state index is 0.823. The number of nitrogens with zero attached hydrogens (tertiary/aromatic N) is 1. The zero-order valence-electron chi connectivity index (χ0n) is 10.5. The van der Waals surface area contributed by atoms with Crippen LogP contribution in [0.1, 0.15) is 39.0 Å². The van der Waals surface area contributed by atoms with Crippen LogP contribution in [-0.4, -0.2) is 4.57 Å². The van der Waals surface area contributed by atoms with Crippen molar-refractivity contribution < 1.29 is 0 Å². The normalized spacial score (nSPS) is 11.2. The second-order valence-corrected chi connectivity index (χ2v) is 5.06. The molecule has 0 N–H and O–H groups in total. The number of fused-ring (bicyclic) bond motifs is 1. The van der Waals surface area contributed by atoms with Crippen LogP contribution in [0.5, 0.6) is 0 Å². The van der Waals surface area contributed by atoms with Crippen LogP contribution in [0, 0.1) is 0 Å². The highest BCUT2D eigenvalue weighted by molar-refractivity contribution is 6.31. The van der Waals surface area contributed by atoms with Crippen LogP contribution in [0.25, 0.3) is 10.9 Å². The summed E-state index contributed by atoms with van der Waals surface area (Å²) in [5, 5.41) is 2.10. The Morgan fingerprint density at radius 3 is 2.71 bits per heavy atom. The summed E-state index contributed by atoms with van der Waals surface area (Å²) in [5.41, 5.74) is 1.26. The van der Waals surface area contributed by atoms with Crippen molar-refractivity contribution in [1.29, 1.82) is 0 Å². The number of unbranched alkanes of at least 4 members (excludes halogenated alkanes) is 4. The number of hydrogen-bond donors (Lipinski definition) is 0.